The zero-order valence-electron chi connectivity index (χ0n) is 8.88. The van der Waals surface area contributed by atoms with Crippen LogP contribution < -0.4 is 0 Å². The highest BCUT2D eigenvalue weighted by Gasteiger charge is 2.63. The molecule has 0 aromatic rings. The highest BCUT2D eigenvalue weighted by Crippen LogP contribution is 2.59. The van der Waals surface area contributed by atoms with Gasteiger partial charge in [0.1, 0.15) is 0 Å². The molecule has 4 nitrogen and oxygen atoms in total. The van der Waals surface area contributed by atoms with Crippen LogP contribution in [0.25, 0.3) is 0 Å². The Kier molecular flexibility index (Phi) is 3.28. The molecule has 0 aromatic carbocycles. The molecule has 0 spiro atoms. The molecule has 1 atom stereocenters. The molecule has 5 heteroatoms. The third kappa shape index (κ3) is 2.25. The first-order chi connectivity index (χ1) is 6.85. The number of aliphatic carboxylic acids is 1. The van der Waals surface area contributed by atoms with Crippen LogP contribution in [0.2, 0.25) is 0 Å². The standard InChI is InChI=1S/C10H15ClO4/c1-3-15-8(14)10(4-5-10)9(2,11)6-7(12)13/h3-6H2,1-2H3,(H,12,13). The third-order valence-electron chi connectivity index (χ3n) is 2.90. The molecule has 1 saturated carbocycles. The van der Waals surface area contributed by atoms with Gasteiger partial charge in [0.15, 0.2) is 0 Å². The first-order valence-corrected chi connectivity index (χ1v) is 5.31. The lowest BCUT2D eigenvalue weighted by Gasteiger charge is -2.28. The van der Waals surface area contributed by atoms with Gasteiger partial charge in [0.25, 0.3) is 0 Å². The van der Waals surface area contributed by atoms with Crippen LogP contribution in [0.3, 0.4) is 0 Å². The van der Waals surface area contributed by atoms with Crippen molar-refractivity contribution in [2.45, 2.75) is 38.0 Å². The van der Waals surface area contributed by atoms with E-state index in [4.69, 9.17) is 21.4 Å². The summed E-state index contributed by atoms with van der Waals surface area (Å²) in [7, 11) is 0. The number of alkyl halides is 1. The molecule has 15 heavy (non-hydrogen) atoms. The normalized spacial score (nSPS) is 21.5. The van der Waals surface area contributed by atoms with Crippen LogP contribution in [-0.2, 0) is 14.3 Å². The van der Waals surface area contributed by atoms with E-state index in [1.807, 2.05) is 0 Å². The van der Waals surface area contributed by atoms with Crippen LogP contribution in [0.15, 0.2) is 0 Å². The average Bonchev–Trinajstić information content (AvgIpc) is 2.81. The Bertz CT molecular complexity index is 281. The second kappa shape index (κ2) is 4.00. The predicted octanol–water partition coefficient (Wildman–Crippen LogP) is 1.80. The van der Waals surface area contributed by atoms with Crippen LogP contribution in [0.1, 0.15) is 33.1 Å². The number of carboxylic acids is 1. The van der Waals surface area contributed by atoms with Crippen LogP contribution in [0.4, 0.5) is 0 Å². The second-order valence-corrected chi connectivity index (χ2v) is 4.90. The minimum atomic E-state index is -1.05. The first-order valence-electron chi connectivity index (χ1n) is 4.93. The number of hydrogen-bond acceptors (Lipinski definition) is 3. The SMILES string of the molecule is CCOC(=O)C1(C(C)(Cl)CC(=O)O)CC1. The van der Waals surface area contributed by atoms with Gasteiger partial charge in [-0.3, -0.25) is 9.59 Å². The van der Waals surface area contributed by atoms with E-state index in [1.54, 1.807) is 13.8 Å². The van der Waals surface area contributed by atoms with Gasteiger partial charge in [-0.15, -0.1) is 11.6 Å². The summed E-state index contributed by atoms with van der Waals surface area (Å²) >= 11 is 6.13. The van der Waals surface area contributed by atoms with E-state index < -0.39 is 16.3 Å². The molecule has 0 amide bonds. The monoisotopic (exact) mass is 234 g/mol. The van der Waals surface area contributed by atoms with Crippen molar-refractivity contribution in [2.75, 3.05) is 6.61 Å². The molecule has 1 unspecified atom stereocenters. The zero-order valence-corrected chi connectivity index (χ0v) is 9.63. The average molecular weight is 235 g/mol. The maximum atomic E-state index is 11.7. The van der Waals surface area contributed by atoms with E-state index in [0.717, 1.165) is 0 Å². The fraction of sp³-hybridized carbons (Fsp3) is 0.800. The van der Waals surface area contributed by atoms with Crippen LogP contribution in [0, 0.1) is 5.41 Å². The zero-order chi connectivity index (χ0) is 11.7. The van der Waals surface area contributed by atoms with Crippen LogP contribution in [0.5, 0.6) is 0 Å². The summed E-state index contributed by atoms with van der Waals surface area (Å²) in [5, 5.41) is 8.72. The molecule has 1 fully saturated rings. The summed E-state index contributed by atoms with van der Waals surface area (Å²) in [6, 6.07) is 0. The summed E-state index contributed by atoms with van der Waals surface area (Å²) < 4.78 is 4.92. The van der Waals surface area contributed by atoms with Crippen LogP contribution in [-0.4, -0.2) is 28.5 Å². The molecule has 1 aliphatic rings. The van der Waals surface area contributed by atoms with Crippen molar-refractivity contribution >= 4 is 23.5 Å². The molecule has 0 aliphatic heterocycles. The Hall–Kier alpha value is -0.770. The number of carboxylic acid groups (broad SMARTS) is 1. The molecular formula is C10H15ClO4. The van der Waals surface area contributed by atoms with Gasteiger partial charge in [0.05, 0.1) is 23.3 Å². The number of hydrogen-bond donors (Lipinski definition) is 1. The van der Waals surface area contributed by atoms with Crippen molar-refractivity contribution < 1.29 is 19.4 Å². The number of ether oxygens (including phenoxy) is 1. The van der Waals surface area contributed by atoms with Gasteiger partial charge in [-0.25, -0.2) is 0 Å². The summed E-state index contributed by atoms with van der Waals surface area (Å²) in [4.78, 5) is 21.2. The Morgan fingerprint density at radius 2 is 2.07 bits per heavy atom. The fourth-order valence-corrected chi connectivity index (χ4v) is 2.17. The van der Waals surface area contributed by atoms with E-state index >= 15 is 0 Å². The van der Waals surface area contributed by atoms with E-state index in [1.165, 1.54) is 0 Å². The smallest absolute Gasteiger partial charge is 0.313 e. The van der Waals surface area contributed by atoms with Gasteiger partial charge >= 0.3 is 11.9 Å². The minimum absolute atomic E-state index is 0.229. The lowest BCUT2D eigenvalue weighted by molar-refractivity contribution is -0.151. The molecule has 1 N–H and O–H groups in total. The van der Waals surface area contributed by atoms with Crippen molar-refractivity contribution in [3.8, 4) is 0 Å². The van der Waals surface area contributed by atoms with Crippen molar-refractivity contribution in [1.29, 1.82) is 0 Å². The minimum Gasteiger partial charge on any atom is -0.481 e. The highest BCUT2D eigenvalue weighted by atomic mass is 35.5. The summed E-state index contributed by atoms with van der Waals surface area (Å²) in [6.45, 7) is 3.60. The van der Waals surface area contributed by atoms with Gasteiger partial charge in [-0.1, -0.05) is 0 Å². The molecular weight excluding hydrogens is 220 g/mol. The quantitative estimate of drug-likeness (QED) is 0.582. The molecule has 0 radical (unpaired) electrons. The summed E-state index contributed by atoms with van der Waals surface area (Å²) in [5.41, 5.74) is -0.789. The maximum absolute atomic E-state index is 11.7. The number of halogens is 1. The van der Waals surface area contributed by atoms with Gasteiger partial charge in [0, 0.05) is 0 Å². The Morgan fingerprint density at radius 1 is 1.53 bits per heavy atom. The molecule has 1 aliphatic carbocycles. The van der Waals surface area contributed by atoms with Crippen molar-refractivity contribution in [3.05, 3.63) is 0 Å². The third-order valence-corrected chi connectivity index (χ3v) is 3.39. The van der Waals surface area contributed by atoms with Gasteiger partial charge < -0.3 is 9.84 Å². The molecule has 0 bridgehead atoms. The lowest BCUT2D eigenvalue weighted by atomic mass is 9.87. The van der Waals surface area contributed by atoms with Gasteiger partial charge in [-0.05, 0) is 26.7 Å². The maximum Gasteiger partial charge on any atom is 0.313 e. The molecule has 0 aromatic heterocycles. The summed E-state index contributed by atoms with van der Waals surface area (Å²) in [6.07, 6.45) is 0.992. The van der Waals surface area contributed by atoms with Crippen molar-refractivity contribution in [1.82, 2.24) is 0 Å². The number of carbonyl (C=O) groups excluding carboxylic acids is 1. The Balaban J connectivity index is 2.76. The fourth-order valence-electron chi connectivity index (χ4n) is 1.79. The second-order valence-electron chi connectivity index (χ2n) is 4.07. The molecule has 1 rings (SSSR count). The van der Waals surface area contributed by atoms with Crippen molar-refractivity contribution in [2.24, 2.45) is 5.41 Å². The number of rotatable bonds is 5. The summed E-state index contributed by atoms with van der Waals surface area (Å²) in [5.74, 6) is -1.37. The molecule has 86 valence electrons. The molecule has 0 heterocycles. The van der Waals surface area contributed by atoms with Gasteiger partial charge in [0.2, 0.25) is 0 Å². The van der Waals surface area contributed by atoms with Crippen molar-refractivity contribution in [3.63, 3.8) is 0 Å². The predicted molar refractivity (Wildman–Crippen MR) is 54.8 cm³/mol. The highest BCUT2D eigenvalue weighted by molar-refractivity contribution is 6.27. The van der Waals surface area contributed by atoms with E-state index in [0.29, 0.717) is 19.4 Å². The largest absolute Gasteiger partial charge is 0.481 e. The molecule has 0 saturated heterocycles. The number of carbonyl (C=O) groups is 2. The number of esters is 1. The Morgan fingerprint density at radius 3 is 2.40 bits per heavy atom. The van der Waals surface area contributed by atoms with Gasteiger partial charge in [-0.2, -0.15) is 0 Å². The lowest BCUT2D eigenvalue weighted by Crippen LogP contribution is -2.39. The topological polar surface area (TPSA) is 63.6 Å². The Labute approximate surface area is 93.6 Å². The van der Waals surface area contributed by atoms with E-state index in [-0.39, 0.29) is 12.4 Å². The van der Waals surface area contributed by atoms with E-state index in [9.17, 15) is 9.59 Å². The van der Waals surface area contributed by atoms with E-state index in [2.05, 4.69) is 0 Å². The first kappa shape index (κ1) is 12.3. The van der Waals surface area contributed by atoms with Crippen LogP contribution >= 0.6 is 11.6 Å².